The Balaban J connectivity index is 3.63. The third-order valence-electron chi connectivity index (χ3n) is 3.46. The average molecular weight is 230 g/mol. The Bertz CT molecular complexity index is 148. The molecule has 0 heterocycles. The van der Waals surface area contributed by atoms with Gasteiger partial charge in [-0.15, -0.1) is 0 Å². The Morgan fingerprint density at radius 1 is 0.625 bits per heavy atom. The molecule has 0 aromatic carbocycles. The van der Waals surface area contributed by atoms with Crippen LogP contribution in [0, 0.1) is 23.7 Å². The summed E-state index contributed by atoms with van der Waals surface area (Å²) in [6.07, 6.45) is -0.0811. The summed E-state index contributed by atoms with van der Waals surface area (Å²) in [5, 5.41) is 0. The first-order valence-electron chi connectivity index (χ1n) is 6.57. The van der Waals surface area contributed by atoms with Gasteiger partial charge < -0.3 is 9.47 Å². The molecule has 0 N–H and O–H groups in total. The van der Waals surface area contributed by atoms with E-state index >= 15 is 0 Å². The lowest BCUT2D eigenvalue weighted by Crippen LogP contribution is -2.23. The second kappa shape index (κ2) is 8.08. The number of rotatable bonds is 8. The van der Waals surface area contributed by atoms with Crippen LogP contribution in [0.3, 0.4) is 0 Å². The third-order valence-corrected chi connectivity index (χ3v) is 3.46. The molecule has 0 aromatic rings. The fourth-order valence-corrected chi connectivity index (χ4v) is 1.01. The predicted octanol–water partition coefficient (Wildman–Crippen LogP) is 3.95. The molecule has 0 rings (SSSR count). The van der Waals surface area contributed by atoms with Crippen molar-refractivity contribution in [3.8, 4) is 0 Å². The highest BCUT2D eigenvalue weighted by Crippen LogP contribution is 2.13. The summed E-state index contributed by atoms with van der Waals surface area (Å²) in [7, 11) is 0. The number of hydrogen-bond acceptors (Lipinski definition) is 2. The van der Waals surface area contributed by atoms with Crippen LogP contribution in [-0.2, 0) is 9.47 Å². The second-order valence-electron chi connectivity index (χ2n) is 5.68. The van der Waals surface area contributed by atoms with Gasteiger partial charge in [-0.05, 0) is 30.6 Å². The van der Waals surface area contributed by atoms with Gasteiger partial charge in [-0.1, -0.05) is 41.5 Å². The first kappa shape index (κ1) is 15.9. The highest BCUT2D eigenvalue weighted by atomic mass is 16.7. The Morgan fingerprint density at radius 2 is 0.938 bits per heavy atom. The van der Waals surface area contributed by atoms with Crippen molar-refractivity contribution in [2.24, 2.45) is 23.7 Å². The molecule has 98 valence electrons. The predicted molar refractivity (Wildman–Crippen MR) is 69.4 cm³/mol. The van der Waals surface area contributed by atoms with Gasteiger partial charge in [0.2, 0.25) is 0 Å². The number of ether oxygens (including phenoxy) is 2. The van der Waals surface area contributed by atoms with Gasteiger partial charge in [-0.3, -0.25) is 0 Å². The molecule has 0 aromatic heterocycles. The fourth-order valence-electron chi connectivity index (χ4n) is 1.01. The van der Waals surface area contributed by atoms with Crippen LogP contribution in [0.2, 0.25) is 0 Å². The van der Waals surface area contributed by atoms with Gasteiger partial charge in [0.15, 0.2) is 6.29 Å². The molecule has 0 bridgehead atoms. The summed E-state index contributed by atoms with van der Waals surface area (Å²) >= 11 is 0. The van der Waals surface area contributed by atoms with Gasteiger partial charge in [-0.25, -0.2) is 0 Å². The first-order chi connectivity index (χ1) is 7.34. The molecule has 2 atom stereocenters. The standard InChI is InChI=1S/C14H30O2/c1-10(2)12(5)8-15-14(7)16-9-13(6)11(3)4/h10-14H,8-9H2,1-7H3. The van der Waals surface area contributed by atoms with Gasteiger partial charge in [0.25, 0.3) is 0 Å². The zero-order chi connectivity index (χ0) is 12.7. The van der Waals surface area contributed by atoms with Crippen LogP contribution in [0.4, 0.5) is 0 Å². The average Bonchev–Trinajstić information content (AvgIpc) is 2.21. The smallest absolute Gasteiger partial charge is 0.154 e. The van der Waals surface area contributed by atoms with Crippen LogP contribution in [0.25, 0.3) is 0 Å². The molecule has 0 spiro atoms. The zero-order valence-electron chi connectivity index (χ0n) is 12.1. The van der Waals surface area contributed by atoms with Gasteiger partial charge in [-0.2, -0.15) is 0 Å². The van der Waals surface area contributed by atoms with Crippen molar-refractivity contribution in [1.29, 1.82) is 0 Å². The molecule has 0 saturated heterocycles. The maximum atomic E-state index is 5.67. The molecular weight excluding hydrogens is 200 g/mol. The Hall–Kier alpha value is -0.0800. The Labute approximate surface area is 102 Å². The normalized spacial score (nSPS) is 17.8. The monoisotopic (exact) mass is 230 g/mol. The molecule has 0 amide bonds. The van der Waals surface area contributed by atoms with Gasteiger partial charge in [0, 0.05) is 0 Å². The highest BCUT2D eigenvalue weighted by Gasteiger charge is 2.12. The van der Waals surface area contributed by atoms with E-state index in [1.54, 1.807) is 0 Å². The highest BCUT2D eigenvalue weighted by molar-refractivity contribution is 4.57. The minimum atomic E-state index is -0.0811. The van der Waals surface area contributed by atoms with Crippen molar-refractivity contribution >= 4 is 0 Å². The zero-order valence-corrected chi connectivity index (χ0v) is 12.1. The lowest BCUT2D eigenvalue weighted by Gasteiger charge is -2.22. The minimum absolute atomic E-state index is 0.0811. The van der Waals surface area contributed by atoms with Crippen LogP contribution < -0.4 is 0 Å². The largest absolute Gasteiger partial charge is 0.353 e. The molecule has 0 aliphatic rings. The first-order valence-corrected chi connectivity index (χ1v) is 6.57. The Kier molecular flexibility index (Phi) is 8.04. The third kappa shape index (κ3) is 7.24. The second-order valence-corrected chi connectivity index (χ2v) is 5.68. The molecule has 0 saturated carbocycles. The van der Waals surface area contributed by atoms with Gasteiger partial charge in [0.1, 0.15) is 0 Å². The molecule has 2 unspecified atom stereocenters. The summed E-state index contributed by atoms with van der Waals surface area (Å²) in [5.74, 6) is 2.52. The molecular formula is C14H30O2. The van der Waals surface area contributed by atoms with Crippen LogP contribution in [0.5, 0.6) is 0 Å². The van der Waals surface area contributed by atoms with Gasteiger partial charge in [0.05, 0.1) is 13.2 Å². The Morgan fingerprint density at radius 3 is 1.19 bits per heavy atom. The molecule has 16 heavy (non-hydrogen) atoms. The van der Waals surface area contributed by atoms with E-state index in [1.807, 2.05) is 6.92 Å². The summed E-state index contributed by atoms with van der Waals surface area (Å²) in [5.41, 5.74) is 0. The summed E-state index contributed by atoms with van der Waals surface area (Å²) in [4.78, 5) is 0. The molecule has 2 heteroatoms. The molecule has 0 fully saturated rings. The summed E-state index contributed by atoms with van der Waals surface area (Å²) in [6, 6.07) is 0. The van der Waals surface area contributed by atoms with E-state index in [0.717, 1.165) is 13.2 Å². The minimum Gasteiger partial charge on any atom is -0.353 e. The topological polar surface area (TPSA) is 18.5 Å². The maximum absolute atomic E-state index is 5.67. The van der Waals surface area contributed by atoms with E-state index in [2.05, 4.69) is 41.5 Å². The number of hydrogen-bond donors (Lipinski definition) is 0. The van der Waals surface area contributed by atoms with E-state index in [4.69, 9.17) is 9.47 Å². The van der Waals surface area contributed by atoms with Crippen LogP contribution >= 0.6 is 0 Å². The van der Waals surface area contributed by atoms with Crippen molar-refractivity contribution in [1.82, 2.24) is 0 Å². The maximum Gasteiger partial charge on any atom is 0.154 e. The van der Waals surface area contributed by atoms with Crippen LogP contribution in [-0.4, -0.2) is 19.5 Å². The van der Waals surface area contributed by atoms with E-state index in [0.29, 0.717) is 23.7 Å². The molecule has 0 radical (unpaired) electrons. The summed E-state index contributed by atoms with van der Waals surface area (Å²) < 4.78 is 11.3. The fraction of sp³-hybridized carbons (Fsp3) is 1.00. The summed E-state index contributed by atoms with van der Waals surface area (Å²) in [6.45, 7) is 16.9. The molecule has 2 nitrogen and oxygen atoms in total. The lowest BCUT2D eigenvalue weighted by molar-refractivity contribution is -0.148. The molecule has 0 aliphatic heterocycles. The van der Waals surface area contributed by atoms with Crippen molar-refractivity contribution in [2.75, 3.05) is 13.2 Å². The van der Waals surface area contributed by atoms with Crippen LogP contribution in [0.15, 0.2) is 0 Å². The lowest BCUT2D eigenvalue weighted by atomic mass is 9.99. The van der Waals surface area contributed by atoms with E-state index in [-0.39, 0.29) is 6.29 Å². The quantitative estimate of drug-likeness (QED) is 0.588. The van der Waals surface area contributed by atoms with Crippen molar-refractivity contribution in [3.05, 3.63) is 0 Å². The van der Waals surface area contributed by atoms with E-state index < -0.39 is 0 Å². The van der Waals surface area contributed by atoms with E-state index in [1.165, 1.54) is 0 Å². The molecule has 0 aliphatic carbocycles. The van der Waals surface area contributed by atoms with E-state index in [9.17, 15) is 0 Å². The van der Waals surface area contributed by atoms with Gasteiger partial charge >= 0.3 is 0 Å². The van der Waals surface area contributed by atoms with Crippen molar-refractivity contribution in [3.63, 3.8) is 0 Å². The SMILES string of the molecule is CC(OCC(C)C(C)C)OCC(C)C(C)C. The van der Waals surface area contributed by atoms with Crippen molar-refractivity contribution in [2.45, 2.75) is 54.8 Å². The van der Waals surface area contributed by atoms with Crippen LogP contribution in [0.1, 0.15) is 48.5 Å². The van der Waals surface area contributed by atoms with Crippen molar-refractivity contribution < 1.29 is 9.47 Å².